The van der Waals surface area contributed by atoms with Crippen molar-refractivity contribution in [2.45, 2.75) is 11.2 Å². The summed E-state index contributed by atoms with van der Waals surface area (Å²) in [4.78, 5) is 20.7. The van der Waals surface area contributed by atoms with Crippen molar-refractivity contribution in [3.05, 3.63) is 0 Å². The molecule has 0 heterocycles. The van der Waals surface area contributed by atoms with Gasteiger partial charge in [0.15, 0.2) is 0 Å². The molecule has 0 saturated heterocycles. The summed E-state index contributed by atoms with van der Waals surface area (Å²) in [6.07, 6.45) is 5.26. The van der Waals surface area contributed by atoms with Crippen LogP contribution in [0.3, 0.4) is 0 Å². The molecule has 72 valence electrons. The number of hydrogen-bond acceptors (Lipinski definition) is 4. The van der Waals surface area contributed by atoms with Crippen LogP contribution < -0.4 is 0 Å². The highest BCUT2D eigenvalue weighted by Gasteiger charge is 2.25. The van der Waals surface area contributed by atoms with E-state index in [0.717, 1.165) is 0 Å². The van der Waals surface area contributed by atoms with E-state index in [4.69, 9.17) is 6.42 Å². The lowest BCUT2D eigenvalue weighted by Crippen LogP contribution is -2.27. The first-order valence-electron chi connectivity index (χ1n) is 3.45. The van der Waals surface area contributed by atoms with Crippen LogP contribution >= 0.6 is 15.9 Å². The van der Waals surface area contributed by atoms with Gasteiger partial charge in [-0.3, -0.25) is 9.59 Å². The number of alkyl halides is 1. The largest absolute Gasteiger partial charge is 0.468 e. The third kappa shape index (κ3) is 4.53. The molecular formula is C8H9BrO4. The molecule has 13 heavy (non-hydrogen) atoms. The molecule has 1 unspecified atom stereocenters. The first-order valence-corrected chi connectivity index (χ1v) is 4.37. The average molecular weight is 249 g/mol. The second kappa shape index (κ2) is 6.49. The molecule has 5 heteroatoms. The maximum atomic E-state index is 11.0. The molecule has 0 rings (SSSR count). The molecule has 0 spiro atoms. The molecule has 0 amide bonds. The fourth-order valence-corrected chi connectivity index (χ4v) is 0.802. The van der Waals surface area contributed by atoms with Gasteiger partial charge in [0.25, 0.3) is 0 Å². The van der Waals surface area contributed by atoms with Crippen molar-refractivity contribution in [1.82, 2.24) is 0 Å². The Hall–Kier alpha value is -1.02. The van der Waals surface area contributed by atoms with Crippen LogP contribution in [0.4, 0.5) is 0 Å². The fourth-order valence-electron chi connectivity index (χ4n) is 0.483. The number of carbonyl (C=O) groups is 2. The van der Waals surface area contributed by atoms with Crippen molar-refractivity contribution in [1.29, 1.82) is 0 Å². The quantitative estimate of drug-likeness (QED) is 0.239. The van der Waals surface area contributed by atoms with Gasteiger partial charge in [0, 0.05) is 6.42 Å². The van der Waals surface area contributed by atoms with Crippen LogP contribution in [0, 0.1) is 12.3 Å². The number of carbonyl (C=O) groups excluding carboxylic acids is 2. The van der Waals surface area contributed by atoms with E-state index in [-0.39, 0.29) is 6.61 Å². The van der Waals surface area contributed by atoms with Crippen LogP contribution in [0.1, 0.15) is 6.42 Å². The van der Waals surface area contributed by atoms with E-state index in [0.29, 0.717) is 6.42 Å². The molecule has 0 saturated carbocycles. The maximum absolute atomic E-state index is 11.0. The fraction of sp³-hybridized carbons (Fsp3) is 0.500. The Morgan fingerprint density at radius 1 is 1.54 bits per heavy atom. The van der Waals surface area contributed by atoms with E-state index in [2.05, 4.69) is 31.3 Å². The zero-order chi connectivity index (χ0) is 10.3. The standard InChI is InChI=1S/C8H9BrO4/c1-3-4-5-13-8(11)6(9)7(10)12-2/h1,6H,4-5H2,2H3. The molecule has 4 nitrogen and oxygen atoms in total. The van der Waals surface area contributed by atoms with E-state index in [1.54, 1.807) is 0 Å². The van der Waals surface area contributed by atoms with Crippen LogP contribution in [-0.2, 0) is 19.1 Å². The van der Waals surface area contributed by atoms with Crippen LogP contribution in [0.5, 0.6) is 0 Å². The molecule has 1 atom stereocenters. The lowest BCUT2D eigenvalue weighted by molar-refractivity contribution is -0.151. The predicted octanol–water partition coefficient (Wildman–Crippen LogP) is 0.489. The second-order valence-electron chi connectivity index (χ2n) is 2.01. The van der Waals surface area contributed by atoms with E-state index in [1.165, 1.54) is 7.11 Å². The third-order valence-electron chi connectivity index (χ3n) is 1.11. The molecule has 0 radical (unpaired) electrons. The molecule has 0 bridgehead atoms. The Morgan fingerprint density at radius 2 is 2.15 bits per heavy atom. The normalized spacial score (nSPS) is 11.2. The topological polar surface area (TPSA) is 52.6 Å². The molecule has 0 aromatic carbocycles. The number of ether oxygens (including phenoxy) is 2. The number of methoxy groups -OCH3 is 1. The molecule has 0 aliphatic heterocycles. The number of esters is 2. The van der Waals surface area contributed by atoms with Crippen molar-refractivity contribution in [2.75, 3.05) is 13.7 Å². The molecule has 0 aliphatic carbocycles. The minimum atomic E-state index is -1.07. The summed E-state index contributed by atoms with van der Waals surface area (Å²) < 4.78 is 8.95. The Balaban J connectivity index is 3.84. The molecule has 0 N–H and O–H groups in total. The van der Waals surface area contributed by atoms with E-state index in [1.807, 2.05) is 0 Å². The Kier molecular flexibility index (Phi) is 5.98. The molecule has 0 aromatic rings. The van der Waals surface area contributed by atoms with Gasteiger partial charge < -0.3 is 9.47 Å². The Morgan fingerprint density at radius 3 is 2.62 bits per heavy atom. The van der Waals surface area contributed by atoms with E-state index < -0.39 is 16.8 Å². The lowest BCUT2D eigenvalue weighted by Gasteiger charge is -2.06. The highest BCUT2D eigenvalue weighted by Crippen LogP contribution is 2.04. The second-order valence-corrected chi connectivity index (χ2v) is 2.92. The third-order valence-corrected chi connectivity index (χ3v) is 1.85. The summed E-state index contributed by atoms with van der Waals surface area (Å²) in [5, 5.41) is 0. The Bertz CT molecular complexity index is 231. The van der Waals surface area contributed by atoms with Crippen molar-refractivity contribution >= 4 is 27.9 Å². The van der Waals surface area contributed by atoms with Crippen LogP contribution in [0.2, 0.25) is 0 Å². The number of terminal acetylenes is 1. The van der Waals surface area contributed by atoms with Gasteiger partial charge in [-0.15, -0.1) is 12.3 Å². The first kappa shape index (κ1) is 12.0. The Labute approximate surface area is 84.7 Å². The highest BCUT2D eigenvalue weighted by molar-refractivity contribution is 9.10. The van der Waals surface area contributed by atoms with Crippen LogP contribution in [0.25, 0.3) is 0 Å². The summed E-state index contributed by atoms with van der Waals surface area (Å²) in [5.74, 6) is 0.915. The minimum Gasteiger partial charge on any atom is -0.468 e. The summed E-state index contributed by atoms with van der Waals surface area (Å²) in [7, 11) is 1.19. The van der Waals surface area contributed by atoms with Gasteiger partial charge >= 0.3 is 11.9 Å². The average Bonchev–Trinajstić information content (AvgIpc) is 2.15. The van der Waals surface area contributed by atoms with Gasteiger partial charge in [-0.2, -0.15) is 0 Å². The van der Waals surface area contributed by atoms with Crippen molar-refractivity contribution in [3.8, 4) is 12.3 Å². The van der Waals surface area contributed by atoms with Gasteiger partial charge in [0.1, 0.15) is 6.61 Å². The molecule has 0 aliphatic rings. The smallest absolute Gasteiger partial charge is 0.331 e. The highest BCUT2D eigenvalue weighted by atomic mass is 79.9. The van der Waals surface area contributed by atoms with Crippen molar-refractivity contribution in [3.63, 3.8) is 0 Å². The predicted molar refractivity (Wildman–Crippen MR) is 49.1 cm³/mol. The van der Waals surface area contributed by atoms with Crippen molar-refractivity contribution < 1.29 is 19.1 Å². The summed E-state index contributed by atoms with van der Waals surface area (Å²) >= 11 is 2.82. The van der Waals surface area contributed by atoms with Crippen LogP contribution in [0.15, 0.2) is 0 Å². The number of hydrogen-bond donors (Lipinski definition) is 0. The van der Waals surface area contributed by atoms with Crippen molar-refractivity contribution in [2.24, 2.45) is 0 Å². The van der Waals surface area contributed by atoms with E-state index >= 15 is 0 Å². The molecular weight excluding hydrogens is 240 g/mol. The monoisotopic (exact) mass is 248 g/mol. The maximum Gasteiger partial charge on any atom is 0.331 e. The first-order chi connectivity index (χ1) is 6.13. The number of halogens is 1. The summed E-state index contributed by atoms with van der Waals surface area (Å²) in [6, 6.07) is 0. The lowest BCUT2D eigenvalue weighted by atomic mass is 10.4. The summed E-state index contributed by atoms with van der Waals surface area (Å²) in [5.41, 5.74) is 0. The van der Waals surface area contributed by atoms with Crippen LogP contribution in [-0.4, -0.2) is 30.5 Å². The summed E-state index contributed by atoms with van der Waals surface area (Å²) in [6.45, 7) is 0.106. The van der Waals surface area contributed by atoms with Gasteiger partial charge in [0.05, 0.1) is 7.11 Å². The van der Waals surface area contributed by atoms with Gasteiger partial charge in [-0.1, -0.05) is 15.9 Å². The van der Waals surface area contributed by atoms with Gasteiger partial charge in [-0.05, 0) is 0 Å². The van der Waals surface area contributed by atoms with Gasteiger partial charge in [-0.25, -0.2) is 0 Å². The molecule has 0 fully saturated rings. The zero-order valence-electron chi connectivity index (χ0n) is 7.08. The SMILES string of the molecule is C#CCCOC(=O)C(Br)C(=O)OC. The van der Waals surface area contributed by atoms with E-state index in [9.17, 15) is 9.59 Å². The van der Waals surface area contributed by atoms with Gasteiger partial charge in [0.2, 0.25) is 4.83 Å². The minimum absolute atomic E-state index is 0.106. The molecule has 0 aromatic heterocycles. The zero-order valence-corrected chi connectivity index (χ0v) is 8.67. The number of rotatable bonds is 4.